The number of halogens is 3. The molecule has 4 nitrogen and oxygen atoms in total. The molecule has 2 aromatic carbocycles. The molecule has 2 atom stereocenters. The van der Waals surface area contributed by atoms with Crippen molar-refractivity contribution in [1.29, 1.82) is 0 Å². The normalized spacial score (nSPS) is 13.7. The first kappa shape index (κ1) is 20.7. The van der Waals surface area contributed by atoms with Crippen molar-refractivity contribution < 1.29 is 23.0 Å². The summed E-state index contributed by atoms with van der Waals surface area (Å²) < 4.78 is 38.8. The van der Waals surface area contributed by atoms with Crippen molar-refractivity contribution in [3.63, 3.8) is 0 Å². The Bertz CT molecular complexity index is 1070. The van der Waals surface area contributed by atoms with Crippen LogP contribution in [0, 0.1) is 11.6 Å². The van der Waals surface area contributed by atoms with Gasteiger partial charge in [-0.05, 0) is 58.3 Å². The molecule has 0 aliphatic heterocycles. The van der Waals surface area contributed by atoms with Gasteiger partial charge in [-0.15, -0.1) is 11.3 Å². The fourth-order valence-electron chi connectivity index (χ4n) is 2.80. The Balaban J connectivity index is 1.84. The molecule has 3 rings (SSSR count). The third-order valence-corrected chi connectivity index (χ3v) is 6.00. The minimum Gasteiger partial charge on any atom is -0.346 e. The van der Waals surface area contributed by atoms with Crippen LogP contribution in [0.25, 0.3) is 16.2 Å². The first-order chi connectivity index (χ1) is 13.3. The summed E-state index contributed by atoms with van der Waals surface area (Å²) in [5, 5.41) is 5.53. The second kappa shape index (κ2) is 8.97. The first-order valence-corrected chi connectivity index (χ1v) is 11.0. The highest BCUT2D eigenvalue weighted by atomic mass is 35.5. The van der Waals surface area contributed by atoms with Crippen LogP contribution in [-0.4, -0.2) is 17.0 Å². The summed E-state index contributed by atoms with van der Waals surface area (Å²) in [7, 11) is -2.93. The number of hydrogen-bond acceptors (Lipinski definition) is 3. The van der Waals surface area contributed by atoms with Crippen LogP contribution in [0.3, 0.4) is 0 Å². The lowest BCUT2D eigenvalue weighted by Crippen LogP contribution is -2.26. The predicted octanol–water partition coefficient (Wildman–Crippen LogP) is 5.17. The monoisotopic (exact) mass is 441 g/mol. The van der Waals surface area contributed by atoms with E-state index in [2.05, 4.69) is 5.32 Å². The molecule has 28 heavy (non-hydrogen) atoms. The fourth-order valence-corrected chi connectivity index (χ4v) is 4.72. The van der Waals surface area contributed by atoms with Gasteiger partial charge >= 0.3 is 0 Å². The summed E-state index contributed by atoms with van der Waals surface area (Å²) in [6.45, 7) is 0. The quantitative estimate of drug-likeness (QED) is 0.518. The molecule has 1 heterocycles. The lowest BCUT2D eigenvalue weighted by atomic mass is 9.99. The summed E-state index contributed by atoms with van der Waals surface area (Å²) in [4.78, 5) is 22.1. The van der Waals surface area contributed by atoms with E-state index in [0.29, 0.717) is 10.6 Å². The number of hydrogen-bond donors (Lipinski definition) is 2. The molecule has 1 amide bonds. The topological polar surface area (TPSA) is 66.4 Å². The third kappa shape index (κ3) is 5.06. The van der Waals surface area contributed by atoms with E-state index in [9.17, 15) is 23.0 Å². The van der Waals surface area contributed by atoms with Crippen LogP contribution >= 0.6 is 31.0 Å². The Morgan fingerprint density at radius 1 is 1.25 bits per heavy atom. The van der Waals surface area contributed by atoms with E-state index < -0.39 is 31.5 Å². The Labute approximate surface area is 169 Å². The number of benzene rings is 2. The van der Waals surface area contributed by atoms with Gasteiger partial charge in [-0.3, -0.25) is 9.36 Å². The average molecular weight is 442 g/mol. The van der Waals surface area contributed by atoms with E-state index in [4.69, 9.17) is 11.6 Å². The van der Waals surface area contributed by atoms with Gasteiger partial charge in [0, 0.05) is 28.2 Å². The molecule has 2 N–H and O–H groups in total. The van der Waals surface area contributed by atoms with Crippen LogP contribution < -0.4 is 5.32 Å². The van der Waals surface area contributed by atoms with Gasteiger partial charge in [0.1, 0.15) is 11.6 Å². The summed E-state index contributed by atoms with van der Waals surface area (Å²) in [6.07, 6.45) is 2.36. The van der Waals surface area contributed by atoms with E-state index in [1.54, 1.807) is 17.5 Å². The molecule has 3 aromatic rings. The van der Waals surface area contributed by atoms with Crippen molar-refractivity contribution in [2.45, 2.75) is 5.92 Å². The predicted molar refractivity (Wildman–Crippen MR) is 109 cm³/mol. The van der Waals surface area contributed by atoms with Gasteiger partial charge in [0.05, 0.1) is 5.92 Å². The molecule has 9 heteroatoms. The van der Waals surface area contributed by atoms with Crippen LogP contribution in [0.1, 0.15) is 17.0 Å². The molecule has 0 saturated carbocycles. The molecule has 0 aliphatic rings. The zero-order valence-electron chi connectivity index (χ0n) is 14.3. The molecule has 146 valence electrons. The van der Waals surface area contributed by atoms with Gasteiger partial charge in [0.2, 0.25) is 5.91 Å². The molecule has 0 fully saturated rings. The van der Waals surface area contributed by atoms with E-state index in [0.717, 1.165) is 28.3 Å². The number of fused-ring (bicyclic) bond motifs is 1. The second-order valence-corrected chi connectivity index (χ2v) is 8.57. The maximum absolute atomic E-state index is 13.2. The number of rotatable bonds is 6. The van der Waals surface area contributed by atoms with Gasteiger partial charge in [-0.2, -0.15) is 0 Å². The maximum atomic E-state index is 13.2. The Morgan fingerprint density at radius 2 is 1.96 bits per heavy atom. The number of thiophene rings is 1. The summed E-state index contributed by atoms with van der Waals surface area (Å²) in [5.74, 6) is -2.83. The minimum absolute atomic E-state index is 0.225. The van der Waals surface area contributed by atoms with Gasteiger partial charge < -0.3 is 10.2 Å². The minimum atomic E-state index is -2.93. The number of carbonyl (C=O) groups excluding carboxylic acids is 1. The third-order valence-electron chi connectivity index (χ3n) is 4.02. The Morgan fingerprint density at radius 3 is 2.64 bits per heavy atom. The number of carbonyl (C=O) groups is 1. The van der Waals surface area contributed by atoms with Crippen molar-refractivity contribution in [3.05, 3.63) is 75.8 Å². The molecule has 0 radical (unpaired) electrons. The number of amides is 1. The average Bonchev–Trinajstić information content (AvgIpc) is 3.01. The molecule has 2 unspecified atom stereocenters. The van der Waals surface area contributed by atoms with E-state index in [1.165, 1.54) is 23.6 Å². The fraction of sp³-hybridized carbons (Fsp3) is 0.105. The van der Waals surface area contributed by atoms with Crippen LogP contribution in [0.4, 0.5) is 8.78 Å². The molecule has 0 spiro atoms. The van der Waals surface area contributed by atoms with Gasteiger partial charge in [0.15, 0.2) is 8.03 Å². The van der Waals surface area contributed by atoms with Crippen molar-refractivity contribution in [2.24, 2.45) is 0 Å². The molecule has 0 saturated heterocycles. The Hall–Kier alpha value is -2.05. The molecular weight excluding hydrogens is 427 g/mol. The van der Waals surface area contributed by atoms with Crippen molar-refractivity contribution in [1.82, 2.24) is 5.32 Å². The highest BCUT2D eigenvalue weighted by molar-refractivity contribution is 7.38. The SMILES string of the molecule is O=C(N/C=C/c1cc(F)cc(F)c1)C(C[PH](=O)O)c1csc2ccc(Cl)cc12. The highest BCUT2D eigenvalue weighted by Crippen LogP contribution is 2.36. The van der Waals surface area contributed by atoms with Gasteiger partial charge in [-0.25, -0.2) is 8.78 Å². The molecular formula is C19H15ClF2NO3PS. The summed E-state index contributed by atoms with van der Waals surface area (Å²) >= 11 is 7.45. The summed E-state index contributed by atoms with van der Waals surface area (Å²) in [6, 6.07) is 8.24. The van der Waals surface area contributed by atoms with Crippen molar-refractivity contribution in [3.8, 4) is 0 Å². The van der Waals surface area contributed by atoms with E-state index in [1.807, 2.05) is 6.07 Å². The zero-order valence-corrected chi connectivity index (χ0v) is 16.9. The van der Waals surface area contributed by atoms with E-state index >= 15 is 0 Å². The maximum Gasteiger partial charge on any atom is 0.232 e. The highest BCUT2D eigenvalue weighted by Gasteiger charge is 2.25. The lowest BCUT2D eigenvalue weighted by Gasteiger charge is -2.14. The molecule has 0 bridgehead atoms. The van der Waals surface area contributed by atoms with Gasteiger partial charge in [-0.1, -0.05) is 11.6 Å². The van der Waals surface area contributed by atoms with Gasteiger partial charge in [0.25, 0.3) is 0 Å². The second-order valence-electron chi connectivity index (χ2n) is 6.03. The Kier molecular flexibility index (Phi) is 6.62. The lowest BCUT2D eigenvalue weighted by molar-refractivity contribution is -0.121. The smallest absolute Gasteiger partial charge is 0.232 e. The first-order valence-electron chi connectivity index (χ1n) is 8.15. The standard InChI is InChI=1S/C19H15ClF2NO3PS/c20-12-1-2-18-15(7-12)17(10-28-18)16(9-27(25)26)19(24)23-4-3-11-5-13(21)8-14(22)6-11/h1-8,10,16,27H,9H2,(H,23,24)(H,25,26)/b4-3+. The summed E-state index contributed by atoms with van der Waals surface area (Å²) in [5.41, 5.74) is 0.843. The molecule has 0 aliphatic carbocycles. The van der Waals surface area contributed by atoms with Crippen LogP contribution in [-0.2, 0) is 9.36 Å². The molecule has 1 aromatic heterocycles. The number of nitrogens with one attached hydrogen (secondary N) is 1. The van der Waals surface area contributed by atoms with Crippen molar-refractivity contribution >= 4 is 53.0 Å². The van der Waals surface area contributed by atoms with Crippen LogP contribution in [0.5, 0.6) is 0 Å². The largest absolute Gasteiger partial charge is 0.346 e. The van der Waals surface area contributed by atoms with E-state index in [-0.39, 0.29) is 11.7 Å². The zero-order chi connectivity index (χ0) is 20.3. The van der Waals surface area contributed by atoms with Crippen molar-refractivity contribution in [2.75, 3.05) is 6.16 Å². The van der Waals surface area contributed by atoms with Crippen LogP contribution in [0.15, 0.2) is 48.0 Å². The van der Waals surface area contributed by atoms with Crippen LogP contribution in [0.2, 0.25) is 5.02 Å².